The lowest BCUT2D eigenvalue weighted by Gasteiger charge is -2.33. The third kappa shape index (κ3) is 2.56. The van der Waals surface area contributed by atoms with Gasteiger partial charge in [0.2, 0.25) is 0 Å². The Labute approximate surface area is 121 Å². The Morgan fingerprint density at radius 3 is 2.70 bits per heavy atom. The fourth-order valence-corrected chi connectivity index (χ4v) is 3.05. The van der Waals surface area contributed by atoms with Gasteiger partial charge in [-0.25, -0.2) is 0 Å². The van der Waals surface area contributed by atoms with Crippen molar-refractivity contribution in [3.8, 4) is 5.75 Å². The Morgan fingerprint density at radius 2 is 1.95 bits per heavy atom. The van der Waals surface area contributed by atoms with Crippen molar-refractivity contribution >= 4 is 0 Å². The van der Waals surface area contributed by atoms with Crippen molar-refractivity contribution in [3.05, 3.63) is 65.2 Å². The first-order chi connectivity index (χ1) is 9.78. The summed E-state index contributed by atoms with van der Waals surface area (Å²) in [6, 6.07) is 17.3. The van der Waals surface area contributed by atoms with Crippen LogP contribution < -0.4 is 4.74 Å². The van der Waals surface area contributed by atoms with E-state index < -0.39 is 0 Å². The van der Waals surface area contributed by atoms with Gasteiger partial charge in [0, 0.05) is 19.0 Å². The van der Waals surface area contributed by atoms with Gasteiger partial charge >= 0.3 is 0 Å². The number of benzene rings is 2. The molecule has 0 saturated heterocycles. The third-order valence-corrected chi connectivity index (χ3v) is 3.94. The molecule has 104 valence electrons. The van der Waals surface area contributed by atoms with E-state index in [0.717, 1.165) is 25.4 Å². The summed E-state index contributed by atoms with van der Waals surface area (Å²) in [4.78, 5) is 2.38. The molecule has 0 N–H and O–H groups in total. The average Bonchev–Trinajstić information content (AvgIpc) is 2.47. The average molecular weight is 267 g/mol. The van der Waals surface area contributed by atoms with Gasteiger partial charge in [-0.15, -0.1) is 0 Å². The van der Waals surface area contributed by atoms with Gasteiger partial charge in [-0.1, -0.05) is 36.4 Å². The lowest BCUT2D eigenvalue weighted by atomic mass is 9.85. The van der Waals surface area contributed by atoms with Gasteiger partial charge in [-0.2, -0.15) is 0 Å². The highest BCUT2D eigenvalue weighted by atomic mass is 16.5. The summed E-state index contributed by atoms with van der Waals surface area (Å²) in [5.41, 5.74) is 4.22. The summed E-state index contributed by atoms with van der Waals surface area (Å²) in [5.74, 6) is 1.44. The first-order valence-electron chi connectivity index (χ1n) is 7.27. The topological polar surface area (TPSA) is 12.5 Å². The number of nitrogens with zero attached hydrogens (tertiary/aromatic N) is 1. The smallest absolute Gasteiger partial charge is 0.119 e. The second kappa shape index (κ2) is 5.68. The number of ether oxygens (including phenoxy) is 1. The molecule has 3 rings (SSSR count). The van der Waals surface area contributed by atoms with Crippen LogP contribution in [0.2, 0.25) is 0 Å². The van der Waals surface area contributed by atoms with E-state index in [2.05, 4.69) is 60.5 Å². The van der Waals surface area contributed by atoms with Crippen LogP contribution in [0, 0.1) is 0 Å². The normalized spacial score (nSPS) is 18.6. The minimum absolute atomic E-state index is 0.459. The Morgan fingerprint density at radius 1 is 1.15 bits per heavy atom. The third-order valence-electron chi connectivity index (χ3n) is 3.94. The largest absolute Gasteiger partial charge is 0.494 e. The molecule has 2 heteroatoms. The highest BCUT2D eigenvalue weighted by Gasteiger charge is 2.24. The van der Waals surface area contributed by atoms with Crippen molar-refractivity contribution < 1.29 is 4.74 Å². The first-order valence-corrected chi connectivity index (χ1v) is 7.27. The molecule has 1 heterocycles. The maximum absolute atomic E-state index is 5.63. The summed E-state index contributed by atoms with van der Waals surface area (Å²) in [7, 11) is 2.19. The number of likely N-dealkylation sites (N-methyl/N-ethyl adjacent to an activating group) is 1. The molecular formula is C18H21NO. The molecule has 0 radical (unpaired) electrons. The maximum Gasteiger partial charge on any atom is 0.119 e. The number of fused-ring (bicyclic) bond motifs is 1. The fourth-order valence-electron chi connectivity index (χ4n) is 3.05. The monoisotopic (exact) mass is 267 g/mol. The van der Waals surface area contributed by atoms with Crippen molar-refractivity contribution in [1.82, 2.24) is 4.90 Å². The van der Waals surface area contributed by atoms with Gasteiger partial charge < -0.3 is 9.64 Å². The van der Waals surface area contributed by atoms with E-state index in [1.807, 2.05) is 6.92 Å². The van der Waals surface area contributed by atoms with Crippen LogP contribution in [0.4, 0.5) is 0 Å². The highest BCUT2D eigenvalue weighted by molar-refractivity contribution is 5.44. The molecule has 0 saturated carbocycles. The van der Waals surface area contributed by atoms with Crippen molar-refractivity contribution in [2.75, 3.05) is 20.2 Å². The van der Waals surface area contributed by atoms with Crippen LogP contribution in [0.25, 0.3) is 0 Å². The Hall–Kier alpha value is -1.80. The molecule has 0 fully saturated rings. The second-order valence-electron chi connectivity index (χ2n) is 5.45. The molecule has 2 nitrogen and oxygen atoms in total. The SMILES string of the molecule is CCOc1ccc2c(c1)CN(C)C[C@@H]2c1ccccc1. The zero-order valence-electron chi connectivity index (χ0n) is 12.2. The quantitative estimate of drug-likeness (QED) is 0.841. The lowest BCUT2D eigenvalue weighted by molar-refractivity contribution is 0.292. The van der Waals surface area contributed by atoms with E-state index >= 15 is 0 Å². The minimum Gasteiger partial charge on any atom is -0.494 e. The van der Waals surface area contributed by atoms with Gasteiger partial charge in [0.1, 0.15) is 5.75 Å². The van der Waals surface area contributed by atoms with E-state index in [9.17, 15) is 0 Å². The van der Waals surface area contributed by atoms with Gasteiger partial charge in [-0.3, -0.25) is 0 Å². The molecule has 2 aromatic rings. The van der Waals surface area contributed by atoms with Crippen molar-refractivity contribution in [2.45, 2.75) is 19.4 Å². The van der Waals surface area contributed by atoms with Crippen LogP contribution in [-0.4, -0.2) is 25.1 Å². The summed E-state index contributed by atoms with van der Waals surface area (Å²) in [6.07, 6.45) is 0. The molecule has 20 heavy (non-hydrogen) atoms. The number of hydrogen-bond acceptors (Lipinski definition) is 2. The van der Waals surface area contributed by atoms with Gasteiger partial charge in [0.05, 0.1) is 6.61 Å². The van der Waals surface area contributed by atoms with E-state index in [0.29, 0.717) is 5.92 Å². The fraction of sp³-hybridized carbons (Fsp3) is 0.333. The van der Waals surface area contributed by atoms with Crippen LogP contribution in [0.15, 0.2) is 48.5 Å². The van der Waals surface area contributed by atoms with E-state index in [4.69, 9.17) is 4.74 Å². The van der Waals surface area contributed by atoms with Crippen LogP contribution in [0.3, 0.4) is 0 Å². The van der Waals surface area contributed by atoms with Crippen molar-refractivity contribution in [1.29, 1.82) is 0 Å². The van der Waals surface area contributed by atoms with Crippen LogP contribution in [0.1, 0.15) is 29.5 Å². The molecule has 0 aliphatic carbocycles. The standard InChI is InChI=1S/C18H21NO/c1-3-20-16-9-10-17-15(11-16)12-19(2)13-18(17)14-7-5-4-6-8-14/h4-11,18H,3,12-13H2,1-2H3/t18-/m1/s1. The predicted octanol–water partition coefficient (Wildman–Crippen LogP) is 3.66. The summed E-state index contributed by atoms with van der Waals surface area (Å²) in [5, 5.41) is 0. The Bertz CT molecular complexity index is 579. The molecule has 0 aromatic heterocycles. The first kappa shape index (κ1) is 13.2. The summed E-state index contributed by atoms with van der Waals surface area (Å²) in [6.45, 7) is 4.82. The molecule has 0 spiro atoms. The number of hydrogen-bond donors (Lipinski definition) is 0. The van der Waals surface area contributed by atoms with Gasteiger partial charge in [-0.05, 0) is 42.8 Å². The van der Waals surface area contributed by atoms with Crippen molar-refractivity contribution in [3.63, 3.8) is 0 Å². The molecule has 0 amide bonds. The predicted molar refractivity (Wildman–Crippen MR) is 82.2 cm³/mol. The minimum atomic E-state index is 0.459. The summed E-state index contributed by atoms with van der Waals surface area (Å²) >= 11 is 0. The van der Waals surface area contributed by atoms with Gasteiger partial charge in [0.15, 0.2) is 0 Å². The zero-order chi connectivity index (χ0) is 13.9. The van der Waals surface area contributed by atoms with Crippen molar-refractivity contribution in [2.24, 2.45) is 0 Å². The van der Waals surface area contributed by atoms with Gasteiger partial charge in [0.25, 0.3) is 0 Å². The molecule has 2 aromatic carbocycles. The summed E-state index contributed by atoms with van der Waals surface area (Å²) < 4.78 is 5.63. The molecule has 1 aliphatic rings. The van der Waals surface area contributed by atoms with Crippen LogP contribution in [0.5, 0.6) is 5.75 Å². The zero-order valence-corrected chi connectivity index (χ0v) is 12.2. The maximum atomic E-state index is 5.63. The molecule has 1 aliphatic heterocycles. The number of rotatable bonds is 3. The van der Waals surface area contributed by atoms with E-state index in [-0.39, 0.29) is 0 Å². The molecule has 0 unspecified atom stereocenters. The van der Waals surface area contributed by atoms with Crippen LogP contribution in [-0.2, 0) is 6.54 Å². The lowest BCUT2D eigenvalue weighted by Crippen LogP contribution is -2.30. The van der Waals surface area contributed by atoms with Crippen LogP contribution >= 0.6 is 0 Å². The molecular weight excluding hydrogens is 246 g/mol. The van der Waals surface area contributed by atoms with E-state index in [1.54, 1.807) is 0 Å². The Balaban J connectivity index is 2.00. The molecule has 1 atom stereocenters. The second-order valence-corrected chi connectivity index (χ2v) is 5.45. The Kier molecular flexibility index (Phi) is 3.75. The highest BCUT2D eigenvalue weighted by Crippen LogP contribution is 2.34. The molecule has 0 bridgehead atoms. The van der Waals surface area contributed by atoms with E-state index in [1.165, 1.54) is 16.7 Å².